The fraction of sp³-hybridized carbons (Fsp3) is 0.333. The molecule has 0 aliphatic carbocycles. The van der Waals surface area contributed by atoms with Crippen molar-refractivity contribution in [3.63, 3.8) is 0 Å². The molecule has 110 valence electrons. The van der Waals surface area contributed by atoms with Gasteiger partial charge in [-0.05, 0) is 23.3 Å². The summed E-state index contributed by atoms with van der Waals surface area (Å²) in [6, 6.07) is 19.4. The quantitative estimate of drug-likeness (QED) is 0.838. The SMILES string of the molecule is CN(C)c1ccc(C2OCCSC2c2ccccc2)cc1. The van der Waals surface area contributed by atoms with Crippen LogP contribution in [0.15, 0.2) is 54.6 Å². The second-order valence-corrected chi connectivity index (χ2v) is 6.73. The summed E-state index contributed by atoms with van der Waals surface area (Å²) in [5.74, 6) is 1.06. The minimum absolute atomic E-state index is 0.141. The summed E-state index contributed by atoms with van der Waals surface area (Å²) >= 11 is 1.99. The van der Waals surface area contributed by atoms with Crippen LogP contribution in [0.4, 0.5) is 5.69 Å². The average Bonchev–Trinajstić information content (AvgIpc) is 2.56. The second-order valence-electron chi connectivity index (χ2n) is 5.48. The van der Waals surface area contributed by atoms with Crippen molar-refractivity contribution < 1.29 is 4.74 Å². The standard InChI is InChI=1S/C18H21NOS/c1-19(2)16-10-8-14(9-11-16)17-18(21-13-12-20-17)15-6-4-3-5-7-15/h3-11,17-18H,12-13H2,1-2H3. The van der Waals surface area contributed by atoms with E-state index in [1.807, 2.05) is 11.8 Å². The third-order valence-electron chi connectivity index (χ3n) is 3.82. The predicted octanol–water partition coefficient (Wildman–Crippen LogP) is 4.30. The zero-order valence-electron chi connectivity index (χ0n) is 12.5. The first-order valence-electron chi connectivity index (χ1n) is 7.31. The summed E-state index contributed by atoms with van der Waals surface area (Å²) in [4.78, 5) is 2.12. The van der Waals surface area contributed by atoms with Crippen molar-refractivity contribution in [3.8, 4) is 0 Å². The molecule has 1 heterocycles. The lowest BCUT2D eigenvalue weighted by Crippen LogP contribution is -2.20. The molecule has 2 aromatic rings. The van der Waals surface area contributed by atoms with Gasteiger partial charge in [-0.15, -0.1) is 11.8 Å². The smallest absolute Gasteiger partial charge is 0.0984 e. The van der Waals surface area contributed by atoms with Crippen molar-refractivity contribution in [1.29, 1.82) is 0 Å². The Morgan fingerprint density at radius 3 is 2.33 bits per heavy atom. The van der Waals surface area contributed by atoms with Crippen LogP contribution in [0.25, 0.3) is 0 Å². The van der Waals surface area contributed by atoms with E-state index in [1.54, 1.807) is 0 Å². The molecule has 2 nitrogen and oxygen atoms in total. The summed E-state index contributed by atoms with van der Waals surface area (Å²) in [6.07, 6.45) is 0.141. The van der Waals surface area contributed by atoms with Gasteiger partial charge >= 0.3 is 0 Å². The Bertz CT molecular complexity index is 568. The Kier molecular flexibility index (Phi) is 4.51. The first-order chi connectivity index (χ1) is 10.3. The van der Waals surface area contributed by atoms with Crippen LogP contribution in [0.5, 0.6) is 0 Å². The molecule has 3 heteroatoms. The molecule has 2 atom stereocenters. The highest BCUT2D eigenvalue weighted by atomic mass is 32.2. The Morgan fingerprint density at radius 2 is 1.67 bits per heavy atom. The van der Waals surface area contributed by atoms with E-state index in [4.69, 9.17) is 4.74 Å². The fourth-order valence-electron chi connectivity index (χ4n) is 2.67. The third kappa shape index (κ3) is 3.25. The van der Waals surface area contributed by atoms with Gasteiger partial charge in [-0.3, -0.25) is 0 Å². The van der Waals surface area contributed by atoms with Gasteiger partial charge in [0.2, 0.25) is 0 Å². The Morgan fingerprint density at radius 1 is 0.952 bits per heavy atom. The lowest BCUT2D eigenvalue weighted by atomic mass is 10.00. The van der Waals surface area contributed by atoms with E-state index < -0.39 is 0 Å². The van der Waals surface area contributed by atoms with Crippen molar-refractivity contribution >= 4 is 17.4 Å². The summed E-state index contributed by atoms with van der Waals surface area (Å²) in [5, 5.41) is 0.380. The molecular weight excluding hydrogens is 278 g/mol. The summed E-state index contributed by atoms with van der Waals surface area (Å²) in [7, 11) is 4.13. The van der Waals surface area contributed by atoms with Crippen LogP contribution in [0.2, 0.25) is 0 Å². The number of rotatable bonds is 3. The van der Waals surface area contributed by atoms with Gasteiger partial charge in [0.1, 0.15) is 0 Å². The molecule has 1 aliphatic rings. The number of benzene rings is 2. The minimum Gasteiger partial charge on any atom is -0.378 e. The number of hydrogen-bond donors (Lipinski definition) is 0. The molecule has 0 bridgehead atoms. The monoisotopic (exact) mass is 299 g/mol. The maximum atomic E-state index is 6.10. The molecule has 0 amide bonds. The highest BCUT2D eigenvalue weighted by Crippen LogP contribution is 2.45. The molecule has 0 N–H and O–H groups in total. The van der Waals surface area contributed by atoms with Crippen molar-refractivity contribution in [2.24, 2.45) is 0 Å². The number of nitrogens with zero attached hydrogens (tertiary/aromatic N) is 1. The van der Waals surface area contributed by atoms with E-state index in [0.717, 1.165) is 12.4 Å². The maximum absolute atomic E-state index is 6.10. The molecule has 0 saturated carbocycles. The maximum Gasteiger partial charge on any atom is 0.0984 e. The molecule has 0 aromatic heterocycles. The molecule has 3 rings (SSSR count). The van der Waals surface area contributed by atoms with E-state index in [0.29, 0.717) is 5.25 Å². The molecule has 2 unspecified atom stereocenters. The molecule has 2 aromatic carbocycles. The van der Waals surface area contributed by atoms with Gasteiger partial charge in [0.15, 0.2) is 0 Å². The van der Waals surface area contributed by atoms with Crippen LogP contribution in [0.3, 0.4) is 0 Å². The molecule has 0 spiro atoms. The van der Waals surface area contributed by atoms with Crippen LogP contribution in [-0.2, 0) is 4.74 Å². The van der Waals surface area contributed by atoms with Crippen molar-refractivity contribution in [1.82, 2.24) is 0 Å². The normalized spacial score (nSPS) is 22.0. The summed E-state index contributed by atoms with van der Waals surface area (Å²) in [5.41, 5.74) is 3.84. The highest BCUT2D eigenvalue weighted by molar-refractivity contribution is 7.99. The largest absolute Gasteiger partial charge is 0.378 e. The molecule has 1 fully saturated rings. The van der Waals surface area contributed by atoms with Crippen LogP contribution < -0.4 is 4.90 Å². The number of anilines is 1. The molecule has 1 aliphatic heterocycles. The van der Waals surface area contributed by atoms with Gasteiger partial charge in [-0.25, -0.2) is 0 Å². The Hall–Kier alpha value is -1.45. The van der Waals surface area contributed by atoms with E-state index in [9.17, 15) is 0 Å². The van der Waals surface area contributed by atoms with Crippen LogP contribution >= 0.6 is 11.8 Å². The van der Waals surface area contributed by atoms with Crippen molar-refractivity contribution in [2.75, 3.05) is 31.4 Å². The van der Waals surface area contributed by atoms with Gasteiger partial charge in [0.05, 0.1) is 18.0 Å². The number of thioether (sulfide) groups is 1. The van der Waals surface area contributed by atoms with E-state index in [2.05, 4.69) is 73.6 Å². The van der Waals surface area contributed by atoms with E-state index >= 15 is 0 Å². The summed E-state index contributed by atoms with van der Waals surface area (Å²) < 4.78 is 6.10. The zero-order valence-corrected chi connectivity index (χ0v) is 13.3. The van der Waals surface area contributed by atoms with Gasteiger partial charge in [0, 0.05) is 25.5 Å². The topological polar surface area (TPSA) is 12.5 Å². The molecule has 1 saturated heterocycles. The summed E-state index contributed by atoms with van der Waals surface area (Å²) in [6.45, 7) is 0.827. The van der Waals surface area contributed by atoms with Crippen LogP contribution in [0.1, 0.15) is 22.5 Å². The number of ether oxygens (including phenoxy) is 1. The lowest BCUT2D eigenvalue weighted by Gasteiger charge is -2.32. The van der Waals surface area contributed by atoms with Crippen LogP contribution in [-0.4, -0.2) is 26.5 Å². The van der Waals surface area contributed by atoms with E-state index in [-0.39, 0.29) is 6.10 Å². The fourth-order valence-corrected chi connectivity index (χ4v) is 3.88. The zero-order chi connectivity index (χ0) is 14.7. The minimum atomic E-state index is 0.141. The first kappa shape index (κ1) is 14.5. The lowest BCUT2D eigenvalue weighted by molar-refractivity contribution is 0.0550. The van der Waals surface area contributed by atoms with E-state index in [1.165, 1.54) is 16.8 Å². The van der Waals surface area contributed by atoms with Crippen LogP contribution in [0, 0.1) is 0 Å². The average molecular weight is 299 g/mol. The molecule has 21 heavy (non-hydrogen) atoms. The van der Waals surface area contributed by atoms with Crippen molar-refractivity contribution in [3.05, 3.63) is 65.7 Å². The third-order valence-corrected chi connectivity index (χ3v) is 5.10. The predicted molar refractivity (Wildman–Crippen MR) is 91.1 cm³/mol. The highest BCUT2D eigenvalue weighted by Gasteiger charge is 2.29. The van der Waals surface area contributed by atoms with Gasteiger partial charge in [-0.2, -0.15) is 0 Å². The van der Waals surface area contributed by atoms with Crippen molar-refractivity contribution in [2.45, 2.75) is 11.4 Å². The van der Waals surface area contributed by atoms with Gasteiger partial charge < -0.3 is 9.64 Å². The molecule has 0 radical (unpaired) electrons. The first-order valence-corrected chi connectivity index (χ1v) is 8.36. The Balaban J connectivity index is 1.87. The Labute approximate surface area is 131 Å². The van der Waals surface area contributed by atoms with Gasteiger partial charge in [-0.1, -0.05) is 42.5 Å². The van der Waals surface area contributed by atoms with Gasteiger partial charge in [0.25, 0.3) is 0 Å². The second kappa shape index (κ2) is 6.54. The number of hydrogen-bond acceptors (Lipinski definition) is 3. The molecular formula is C18H21NOS.